The number of nitrogens with zero attached hydrogens (tertiary/aromatic N) is 4. The summed E-state index contributed by atoms with van der Waals surface area (Å²) in [6.07, 6.45) is 3.48. The molecule has 8 nitrogen and oxygen atoms in total. The number of aromatic amines is 1. The van der Waals surface area contributed by atoms with E-state index >= 15 is 0 Å². The summed E-state index contributed by atoms with van der Waals surface area (Å²) in [5.74, 6) is 0.182. The molecule has 0 saturated carbocycles. The van der Waals surface area contributed by atoms with Crippen LogP contribution in [0, 0.1) is 0 Å². The van der Waals surface area contributed by atoms with E-state index in [1.54, 1.807) is 6.92 Å². The fourth-order valence-electron chi connectivity index (χ4n) is 6.81. The number of β-amino-alcohol motifs (C(OH)–C–C–N with tert-alkyl or cyclic N) is 1. The molecule has 6 rings (SSSR count). The number of amides is 2. The van der Waals surface area contributed by atoms with E-state index in [4.69, 9.17) is 11.6 Å². The summed E-state index contributed by atoms with van der Waals surface area (Å²) in [5, 5.41) is 19.9. The van der Waals surface area contributed by atoms with Gasteiger partial charge in [0.2, 0.25) is 11.8 Å². The molecule has 3 aromatic rings. The summed E-state index contributed by atoms with van der Waals surface area (Å²) >= 11 is 9.71. The number of aryl methyl sites for hydroxylation is 1. The van der Waals surface area contributed by atoms with Crippen molar-refractivity contribution in [2.24, 2.45) is 0 Å². The van der Waals surface area contributed by atoms with Crippen LogP contribution in [0.25, 0.3) is 11.3 Å². The number of piperidine rings is 1. The van der Waals surface area contributed by atoms with E-state index in [2.05, 4.69) is 31.0 Å². The number of aromatic nitrogens is 2. The van der Waals surface area contributed by atoms with Crippen LogP contribution in [0.2, 0.25) is 5.02 Å². The smallest absolute Gasteiger partial charge is 0.227 e. The second kappa shape index (κ2) is 11.9. The first-order chi connectivity index (χ1) is 19.8. The highest BCUT2D eigenvalue weighted by Crippen LogP contribution is 2.39. The Morgan fingerprint density at radius 1 is 1.12 bits per heavy atom. The standard InChI is InChI=1S/C31H35BrClN5O3/c1-19(39)37-15-12-26-30(31(35-34-26)20-2-5-22(32)6-3-20)28(37)17-25(40)18-36-13-10-24(11-14-36)38-27-8-7-23(33)16-21(27)4-9-29(38)41/h2-3,5-8,16,24-25,28,40H,4,9-15,17-18H2,1H3,(H,34,35). The van der Waals surface area contributed by atoms with Crippen molar-refractivity contribution in [2.75, 3.05) is 31.1 Å². The monoisotopic (exact) mass is 639 g/mol. The van der Waals surface area contributed by atoms with E-state index < -0.39 is 6.10 Å². The van der Waals surface area contributed by atoms with Crippen LogP contribution >= 0.6 is 27.5 Å². The fraction of sp³-hybridized carbons (Fsp3) is 0.452. The normalized spacial score (nSPS) is 20.6. The number of aliphatic hydroxyl groups excluding tert-OH is 1. The van der Waals surface area contributed by atoms with Gasteiger partial charge in [0.15, 0.2) is 0 Å². The van der Waals surface area contributed by atoms with E-state index in [-0.39, 0.29) is 23.9 Å². The first-order valence-electron chi connectivity index (χ1n) is 14.4. The lowest BCUT2D eigenvalue weighted by molar-refractivity contribution is -0.132. The molecule has 0 aliphatic carbocycles. The van der Waals surface area contributed by atoms with E-state index in [0.717, 1.165) is 70.6 Å². The van der Waals surface area contributed by atoms with Gasteiger partial charge >= 0.3 is 0 Å². The quantitative estimate of drug-likeness (QED) is 0.390. The molecule has 3 aliphatic heterocycles. The minimum atomic E-state index is -0.614. The Morgan fingerprint density at radius 3 is 2.61 bits per heavy atom. The number of fused-ring (bicyclic) bond motifs is 2. The Bertz CT molecular complexity index is 1440. The van der Waals surface area contributed by atoms with E-state index in [1.165, 1.54) is 0 Å². The summed E-state index contributed by atoms with van der Waals surface area (Å²) < 4.78 is 0.991. The third-order valence-corrected chi connectivity index (χ3v) is 9.55. The number of likely N-dealkylation sites (tertiary alicyclic amines) is 1. The third-order valence-electron chi connectivity index (χ3n) is 8.78. The lowest BCUT2D eigenvalue weighted by atomic mass is 9.89. The zero-order valence-electron chi connectivity index (χ0n) is 23.2. The predicted octanol–water partition coefficient (Wildman–Crippen LogP) is 5.13. The van der Waals surface area contributed by atoms with Crippen molar-refractivity contribution in [3.8, 4) is 11.3 Å². The minimum absolute atomic E-state index is 0.00406. The Kier molecular flexibility index (Phi) is 8.23. The molecule has 0 spiro atoms. The van der Waals surface area contributed by atoms with Crippen LogP contribution in [-0.2, 0) is 22.4 Å². The van der Waals surface area contributed by atoms with Crippen molar-refractivity contribution in [1.82, 2.24) is 20.0 Å². The molecule has 2 atom stereocenters. The van der Waals surface area contributed by atoms with Crippen molar-refractivity contribution in [3.63, 3.8) is 0 Å². The topological polar surface area (TPSA) is 92.8 Å². The molecule has 4 heterocycles. The number of anilines is 1. The molecule has 1 aromatic heterocycles. The van der Waals surface area contributed by atoms with E-state index in [1.807, 2.05) is 52.3 Å². The number of H-pyrrole nitrogens is 1. The summed E-state index contributed by atoms with van der Waals surface area (Å²) in [4.78, 5) is 31.8. The van der Waals surface area contributed by atoms with Crippen LogP contribution in [0.3, 0.4) is 0 Å². The largest absolute Gasteiger partial charge is 0.392 e. The predicted molar refractivity (Wildman–Crippen MR) is 163 cm³/mol. The average Bonchev–Trinajstić information content (AvgIpc) is 3.39. The van der Waals surface area contributed by atoms with Gasteiger partial charge in [0, 0.05) is 84.0 Å². The van der Waals surface area contributed by atoms with Gasteiger partial charge < -0.3 is 19.8 Å². The van der Waals surface area contributed by atoms with Crippen molar-refractivity contribution < 1.29 is 14.7 Å². The van der Waals surface area contributed by atoms with Crippen LogP contribution in [0.15, 0.2) is 46.9 Å². The molecule has 1 fully saturated rings. The number of hydrogen-bond donors (Lipinski definition) is 2. The zero-order valence-corrected chi connectivity index (χ0v) is 25.5. The second-order valence-corrected chi connectivity index (χ2v) is 12.8. The summed E-state index contributed by atoms with van der Waals surface area (Å²) in [5.41, 5.74) is 5.99. The lowest BCUT2D eigenvalue weighted by Gasteiger charge is -2.42. The molecular weight excluding hydrogens is 606 g/mol. The second-order valence-electron chi connectivity index (χ2n) is 11.4. The van der Waals surface area contributed by atoms with Gasteiger partial charge in [-0.25, -0.2) is 0 Å². The van der Waals surface area contributed by atoms with E-state index in [9.17, 15) is 14.7 Å². The first-order valence-corrected chi connectivity index (χ1v) is 15.6. The van der Waals surface area contributed by atoms with Crippen LogP contribution in [-0.4, -0.2) is 75.2 Å². The summed E-state index contributed by atoms with van der Waals surface area (Å²) in [7, 11) is 0. The average molecular weight is 641 g/mol. The molecule has 216 valence electrons. The molecule has 1 saturated heterocycles. The number of hydrogen-bond acceptors (Lipinski definition) is 5. The zero-order chi connectivity index (χ0) is 28.7. The molecule has 2 unspecified atom stereocenters. The Hall–Kier alpha value is -2.72. The molecule has 2 amide bonds. The summed E-state index contributed by atoms with van der Waals surface area (Å²) in [6, 6.07) is 13.7. The van der Waals surface area contributed by atoms with Crippen molar-refractivity contribution >= 4 is 45.0 Å². The van der Waals surface area contributed by atoms with Gasteiger partial charge in [-0.2, -0.15) is 5.10 Å². The molecule has 0 bridgehead atoms. The van der Waals surface area contributed by atoms with Gasteiger partial charge in [-0.15, -0.1) is 0 Å². The number of nitrogens with one attached hydrogen (secondary N) is 1. The molecule has 2 aromatic carbocycles. The lowest BCUT2D eigenvalue weighted by Crippen LogP contribution is -2.50. The molecule has 2 N–H and O–H groups in total. The van der Waals surface area contributed by atoms with Gasteiger partial charge in [-0.05, 0) is 61.6 Å². The summed E-state index contributed by atoms with van der Waals surface area (Å²) in [6.45, 7) is 4.33. The van der Waals surface area contributed by atoms with Gasteiger partial charge in [0.1, 0.15) is 0 Å². The Balaban J connectivity index is 1.14. The molecular formula is C31H35BrClN5O3. The highest BCUT2D eigenvalue weighted by Gasteiger charge is 2.37. The molecule has 0 radical (unpaired) electrons. The first kappa shape index (κ1) is 28.4. The van der Waals surface area contributed by atoms with Crippen LogP contribution in [0.5, 0.6) is 0 Å². The van der Waals surface area contributed by atoms with Crippen LogP contribution in [0.4, 0.5) is 5.69 Å². The molecule has 3 aliphatic rings. The van der Waals surface area contributed by atoms with Gasteiger partial charge in [0.05, 0.1) is 17.8 Å². The third kappa shape index (κ3) is 5.82. The van der Waals surface area contributed by atoms with Crippen LogP contribution in [0.1, 0.15) is 55.5 Å². The Labute approximate surface area is 253 Å². The highest BCUT2D eigenvalue weighted by molar-refractivity contribution is 9.10. The SMILES string of the molecule is CC(=O)N1CCc2[nH]nc(-c3ccc(Br)cc3)c2C1CC(O)CN1CCC(N2C(=O)CCc3cc(Cl)ccc32)CC1. The van der Waals surface area contributed by atoms with Crippen LogP contribution < -0.4 is 4.90 Å². The number of halogens is 2. The van der Waals surface area contributed by atoms with Crippen molar-refractivity contribution in [2.45, 2.75) is 63.6 Å². The van der Waals surface area contributed by atoms with Gasteiger partial charge in [-0.3, -0.25) is 14.7 Å². The number of rotatable bonds is 6. The number of aliphatic hydroxyl groups is 1. The highest BCUT2D eigenvalue weighted by atomic mass is 79.9. The Morgan fingerprint density at radius 2 is 1.88 bits per heavy atom. The molecule has 10 heteroatoms. The maximum absolute atomic E-state index is 12.9. The maximum atomic E-state index is 12.9. The maximum Gasteiger partial charge on any atom is 0.227 e. The number of carbonyl (C=O) groups excluding carboxylic acids is 2. The number of benzene rings is 2. The van der Waals surface area contributed by atoms with Gasteiger partial charge in [-0.1, -0.05) is 39.7 Å². The fourth-order valence-corrected chi connectivity index (χ4v) is 7.27. The van der Waals surface area contributed by atoms with E-state index in [0.29, 0.717) is 37.4 Å². The van der Waals surface area contributed by atoms with Gasteiger partial charge in [0.25, 0.3) is 0 Å². The van der Waals surface area contributed by atoms with Crippen molar-refractivity contribution in [1.29, 1.82) is 0 Å². The number of carbonyl (C=O) groups is 2. The van der Waals surface area contributed by atoms with Crippen molar-refractivity contribution in [3.05, 3.63) is 68.8 Å². The minimum Gasteiger partial charge on any atom is -0.392 e. The molecule has 41 heavy (non-hydrogen) atoms.